The molecule has 1 atom stereocenters. The molecule has 2 amide bonds. The van der Waals surface area contributed by atoms with Gasteiger partial charge in [-0.2, -0.15) is 0 Å². The van der Waals surface area contributed by atoms with E-state index in [0.29, 0.717) is 23.7 Å². The maximum absolute atomic E-state index is 13.3. The number of carbonyl (C=O) groups excluding carboxylic acids is 2. The van der Waals surface area contributed by atoms with Gasteiger partial charge in [0.25, 0.3) is 5.91 Å². The Morgan fingerprint density at radius 1 is 1.00 bits per heavy atom. The lowest BCUT2D eigenvalue weighted by Gasteiger charge is -2.31. The highest BCUT2D eigenvalue weighted by atomic mass is 35.5. The molecule has 0 aliphatic rings. The van der Waals surface area contributed by atoms with Gasteiger partial charge in [0.15, 0.2) is 6.61 Å². The van der Waals surface area contributed by atoms with Crippen LogP contribution >= 0.6 is 11.6 Å². The number of hydrogen-bond acceptors (Lipinski definition) is 3. The number of carbonyl (C=O) groups is 2. The van der Waals surface area contributed by atoms with Crippen molar-refractivity contribution in [3.8, 4) is 5.75 Å². The standard InChI is InChI=1S/C26H26ClFN2O3/c1-2-29-26(32)24(16-19-7-4-3-5-8-19)30(17-20-9-6-10-21(27)15-20)25(31)18-33-23-13-11-22(28)12-14-23/h3-15,24H,2,16-18H2,1H3,(H,29,32)/t24-/m1/s1. The molecule has 0 bridgehead atoms. The Morgan fingerprint density at radius 2 is 1.70 bits per heavy atom. The van der Waals surface area contributed by atoms with Gasteiger partial charge in [-0.05, 0) is 54.4 Å². The summed E-state index contributed by atoms with van der Waals surface area (Å²) in [5, 5.41) is 3.38. The van der Waals surface area contributed by atoms with Gasteiger partial charge in [0.05, 0.1) is 0 Å². The molecule has 0 saturated carbocycles. The van der Waals surface area contributed by atoms with E-state index in [-0.39, 0.29) is 25.0 Å². The molecule has 0 saturated heterocycles. The molecule has 0 radical (unpaired) electrons. The molecular formula is C26H26ClFN2O3. The largest absolute Gasteiger partial charge is 0.484 e. The molecule has 0 aliphatic carbocycles. The second-order valence-electron chi connectivity index (χ2n) is 7.49. The highest BCUT2D eigenvalue weighted by Crippen LogP contribution is 2.18. The molecule has 172 valence electrons. The number of ether oxygens (including phenoxy) is 1. The van der Waals surface area contributed by atoms with Gasteiger partial charge in [-0.15, -0.1) is 0 Å². The van der Waals surface area contributed by atoms with E-state index in [0.717, 1.165) is 11.1 Å². The third-order valence-electron chi connectivity index (χ3n) is 5.04. The van der Waals surface area contributed by atoms with E-state index >= 15 is 0 Å². The van der Waals surface area contributed by atoms with Crippen LogP contribution < -0.4 is 10.1 Å². The zero-order valence-electron chi connectivity index (χ0n) is 18.3. The van der Waals surface area contributed by atoms with Crippen molar-refractivity contribution in [2.45, 2.75) is 25.9 Å². The van der Waals surface area contributed by atoms with Gasteiger partial charge in [0.1, 0.15) is 17.6 Å². The average molecular weight is 469 g/mol. The number of benzene rings is 3. The molecule has 0 aliphatic heterocycles. The number of rotatable bonds is 10. The minimum Gasteiger partial charge on any atom is -0.484 e. The monoisotopic (exact) mass is 468 g/mol. The van der Waals surface area contributed by atoms with Crippen LogP contribution in [0.15, 0.2) is 78.9 Å². The van der Waals surface area contributed by atoms with Gasteiger partial charge in [0.2, 0.25) is 5.91 Å². The van der Waals surface area contributed by atoms with Crippen LogP contribution in [0, 0.1) is 5.82 Å². The first-order valence-electron chi connectivity index (χ1n) is 10.7. The van der Waals surface area contributed by atoms with Crippen molar-refractivity contribution < 1.29 is 18.7 Å². The fraction of sp³-hybridized carbons (Fsp3) is 0.231. The van der Waals surface area contributed by atoms with Crippen LogP contribution in [-0.4, -0.2) is 35.9 Å². The lowest BCUT2D eigenvalue weighted by Crippen LogP contribution is -2.51. The van der Waals surface area contributed by atoms with Crippen LogP contribution in [-0.2, 0) is 22.6 Å². The Hall–Kier alpha value is -3.38. The molecular weight excluding hydrogens is 443 g/mol. The molecule has 7 heteroatoms. The highest BCUT2D eigenvalue weighted by Gasteiger charge is 2.30. The van der Waals surface area contributed by atoms with Gasteiger partial charge in [-0.1, -0.05) is 54.1 Å². The SMILES string of the molecule is CCNC(=O)[C@@H](Cc1ccccc1)N(Cc1cccc(Cl)c1)C(=O)COc1ccc(F)cc1. The van der Waals surface area contributed by atoms with E-state index in [4.69, 9.17) is 16.3 Å². The van der Waals surface area contributed by atoms with E-state index in [1.807, 2.05) is 43.3 Å². The van der Waals surface area contributed by atoms with Crippen molar-refractivity contribution in [1.82, 2.24) is 10.2 Å². The van der Waals surface area contributed by atoms with E-state index in [1.165, 1.54) is 29.2 Å². The van der Waals surface area contributed by atoms with Crippen molar-refractivity contribution in [2.75, 3.05) is 13.2 Å². The van der Waals surface area contributed by atoms with Crippen molar-refractivity contribution in [1.29, 1.82) is 0 Å². The summed E-state index contributed by atoms with van der Waals surface area (Å²) in [6.45, 7) is 2.16. The molecule has 3 rings (SSSR count). The molecule has 0 unspecified atom stereocenters. The molecule has 3 aromatic rings. The summed E-state index contributed by atoms with van der Waals surface area (Å²) >= 11 is 6.15. The average Bonchev–Trinajstić information content (AvgIpc) is 2.81. The molecule has 33 heavy (non-hydrogen) atoms. The summed E-state index contributed by atoms with van der Waals surface area (Å²) in [7, 11) is 0. The van der Waals surface area contributed by atoms with Crippen LogP contribution in [0.2, 0.25) is 5.02 Å². The fourth-order valence-corrected chi connectivity index (χ4v) is 3.65. The number of hydrogen-bond donors (Lipinski definition) is 1. The predicted octanol–water partition coefficient (Wildman–Crippen LogP) is 4.63. The Bertz CT molecular complexity index is 1060. The van der Waals surface area contributed by atoms with Crippen LogP contribution in [0.1, 0.15) is 18.1 Å². The van der Waals surface area contributed by atoms with Crippen molar-refractivity contribution in [3.05, 3.63) is 101 Å². The van der Waals surface area contributed by atoms with Gasteiger partial charge in [-0.3, -0.25) is 9.59 Å². The Labute approximate surface area is 198 Å². The second kappa shape index (κ2) is 12.0. The Morgan fingerprint density at radius 3 is 2.36 bits per heavy atom. The second-order valence-corrected chi connectivity index (χ2v) is 7.93. The first-order valence-corrected chi connectivity index (χ1v) is 11.1. The third-order valence-corrected chi connectivity index (χ3v) is 5.28. The van der Waals surface area contributed by atoms with Crippen molar-refractivity contribution in [2.24, 2.45) is 0 Å². The summed E-state index contributed by atoms with van der Waals surface area (Å²) < 4.78 is 18.8. The molecule has 1 N–H and O–H groups in total. The first-order chi connectivity index (χ1) is 16.0. The van der Waals surface area contributed by atoms with Crippen molar-refractivity contribution in [3.63, 3.8) is 0 Å². The number of likely N-dealkylation sites (N-methyl/N-ethyl adjacent to an activating group) is 1. The zero-order valence-corrected chi connectivity index (χ0v) is 19.1. The summed E-state index contributed by atoms with van der Waals surface area (Å²) in [6.07, 6.45) is 0.343. The summed E-state index contributed by atoms with van der Waals surface area (Å²) in [6, 6.07) is 21.4. The molecule has 0 aromatic heterocycles. The maximum atomic E-state index is 13.3. The smallest absolute Gasteiger partial charge is 0.261 e. The van der Waals surface area contributed by atoms with Crippen molar-refractivity contribution >= 4 is 23.4 Å². The van der Waals surface area contributed by atoms with Gasteiger partial charge >= 0.3 is 0 Å². The normalized spacial score (nSPS) is 11.5. The molecule has 5 nitrogen and oxygen atoms in total. The van der Waals surface area contributed by atoms with E-state index in [9.17, 15) is 14.0 Å². The highest BCUT2D eigenvalue weighted by molar-refractivity contribution is 6.30. The number of amides is 2. The Kier molecular flexibility index (Phi) is 8.84. The Balaban J connectivity index is 1.88. The van der Waals surface area contributed by atoms with Crippen LogP contribution in [0.4, 0.5) is 4.39 Å². The van der Waals surface area contributed by atoms with Crippen LogP contribution in [0.3, 0.4) is 0 Å². The van der Waals surface area contributed by atoms with E-state index in [1.54, 1.807) is 18.2 Å². The summed E-state index contributed by atoms with van der Waals surface area (Å²) in [5.41, 5.74) is 1.72. The fourth-order valence-electron chi connectivity index (χ4n) is 3.44. The lowest BCUT2D eigenvalue weighted by atomic mass is 10.0. The van der Waals surface area contributed by atoms with Gasteiger partial charge < -0.3 is 15.0 Å². The molecule has 0 heterocycles. The quantitative estimate of drug-likeness (QED) is 0.472. The molecule has 0 spiro atoms. The predicted molar refractivity (Wildman–Crippen MR) is 127 cm³/mol. The van der Waals surface area contributed by atoms with Gasteiger partial charge in [-0.25, -0.2) is 4.39 Å². The summed E-state index contributed by atoms with van der Waals surface area (Å²) in [4.78, 5) is 27.9. The maximum Gasteiger partial charge on any atom is 0.261 e. The topological polar surface area (TPSA) is 58.6 Å². The molecule has 0 fully saturated rings. The zero-order chi connectivity index (χ0) is 23.6. The number of nitrogens with one attached hydrogen (secondary N) is 1. The summed E-state index contributed by atoms with van der Waals surface area (Å²) in [5.74, 6) is -0.648. The number of nitrogens with zero attached hydrogens (tertiary/aromatic N) is 1. The minimum atomic E-state index is -0.754. The van der Waals surface area contributed by atoms with Gasteiger partial charge in [0, 0.05) is 24.5 Å². The molecule has 3 aromatic carbocycles. The minimum absolute atomic E-state index is 0.181. The van der Waals surface area contributed by atoms with E-state index < -0.39 is 11.9 Å². The van der Waals surface area contributed by atoms with E-state index in [2.05, 4.69) is 5.32 Å². The number of halogens is 2. The first kappa shape index (κ1) is 24.3. The van der Waals surface area contributed by atoms with Crippen LogP contribution in [0.5, 0.6) is 5.75 Å². The van der Waals surface area contributed by atoms with Crippen LogP contribution in [0.25, 0.3) is 0 Å². The third kappa shape index (κ3) is 7.32. The lowest BCUT2D eigenvalue weighted by molar-refractivity contribution is -0.142.